The van der Waals surface area contributed by atoms with Gasteiger partial charge in [0.25, 0.3) is 0 Å². The summed E-state index contributed by atoms with van der Waals surface area (Å²) in [5, 5.41) is 18.0. The molecule has 0 aliphatic rings. The van der Waals surface area contributed by atoms with Gasteiger partial charge < -0.3 is 20.7 Å². The summed E-state index contributed by atoms with van der Waals surface area (Å²) in [4.78, 5) is 11.0. The molecule has 128 valence electrons. The molecule has 0 aliphatic carbocycles. The Bertz CT molecular complexity index is 818. The van der Waals surface area contributed by atoms with Gasteiger partial charge in [-0.2, -0.15) is 5.26 Å². The Morgan fingerprint density at radius 2 is 1.80 bits per heavy atom. The Labute approximate surface area is 155 Å². The molecule has 2 rings (SSSR count). The van der Waals surface area contributed by atoms with Crippen molar-refractivity contribution in [1.82, 2.24) is 0 Å². The lowest BCUT2D eigenvalue weighted by molar-refractivity contribution is -0.114. The summed E-state index contributed by atoms with van der Waals surface area (Å²) in [5.41, 5.74) is 2.07. The maximum atomic E-state index is 11.0. The topological polar surface area (TPSA) is 86.2 Å². The van der Waals surface area contributed by atoms with Crippen molar-refractivity contribution in [3.8, 4) is 11.8 Å². The van der Waals surface area contributed by atoms with Crippen molar-refractivity contribution >= 4 is 51.9 Å². The summed E-state index contributed by atoms with van der Waals surface area (Å²) < 4.78 is 5.18. The highest BCUT2D eigenvalue weighted by Crippen LogP contribution is 2.27. The third-order valence-electron chi connectivity index (χ3n) is 2.96. The molecule has 0 bridgehead atoms. The number of nitriles is 1. The van der Waals surface area contributed by atoms with Gasteiger partial charge >= 0.3 is 0 Å². The normalized spacial score (nSPS) is 9.64. The van der Waals surface area contributed by atoms with Gasteiger partial charge in [0.05, 0.1) is 10.7 Å². The zero-order chi connectivity index (χ0) is 18.2. The molecule has 0 fully saturated rings. The van der Waals surface area contributed by atoms with Crippen molar-refractivity contribution in [2.24, 2.45) is 0 Å². The number of ether oxygens (including phenoxy) is 1. The van der Waals surface area contributed by atoms with Crippen LogP contribution in [-0.4, -0.2) is 17.6 Å². The van der Waals surface area contributed by atoms with Crippen LogP contribution in [0.25, 0.3) is 0 Å². The van der Waals surface area contributed by atoms with Crippen LogP contribution in [0.3, 0.4) is 0 Å². The Hall–Kier alpha value is -2.82. The minimum atomic E-state index is -0.130. The van der Waals surface area contributed by atoms with Crippen LogP contribution in [0.4, 0.5) is 17.1 Å². The van der Waals surface area contributed by atoms with Crippen LogP contribution >= 0.6 is 23.8 Å². The van der Waals surface area contributed by atoms with Gasteiger partial charge in [-0.1, -0.05) is 11.6 Å². The lowest BCUT2D eigenvalue weighted by atomic mass is 10.2. The predicted molar refractivity (Wildman–Crippen MR) is 103 cm³/mol. The van der Waals surface area contributed by atoms with Crippen LogP contribution in [0.2, 0.25) is 5.02 Å². The average Bonchev–Trinajstić information content (AvgIpc) is 2.56. The summed E-state index contributed by atoms with van der Waals surface area (Å²) in [6.07, 6.45) is 0. The van der Waals surface area contributed by atoms with Crippen molar-refractivity contribution in [2.45, 2.75) is 6.92 Å². The first-order chi connectivity index (χ1) is 12.0. The van der Waals surface area contributed by atoms with Gasteiger partial charge in [0.15, 0.2) is 11.7 Å². The molecule has 3 N–H and O–H groups in total. The summed E-state index contributed by atoms with van der Waals surface area (Å²) in [6.45, 7) is 1.41. The average molecular weight is 375 g/mol. The van der Waals surface area contributed by atoms with E-state index < -0.39 is 0 Å². The molecule has 2 aromatic rings. The van der Waals surface area contributed by atoms with Crippen molar-refractivity contribution in [3.63, 3.8) is 0 Å². The van der Waals surface area contributed by atoms with E-state index in [1.807, 2.05) is 6.07 Å². The first-order valence-corrected chi connectivity index (χ1v) is 8.01. The number of rotatable bonds is 5. The van der Waals surface area contributed by atoms with Gasteiger partial charge in [-0.15, -0.1) is 0 Å². The number of thiocarbonyl (C=S) groups is 1. The van der Waals surface area contributed by atoms with E-state index in [-0.39, 0.29) is 12.5 Å². The van der Waals surface area contributed by atoms with Crippen LogP contribution < -0.4 is 20.7 Å². The maximum absolute atomic E-state index is 11.0. The number of anilines is 3. The molecule has 0 aromatic heterocycles. The van der Waals surface area contributed by atoms with Crippen molar-refractivity contribution in [2.75, 3.05) is 22.6 Å². The summed E-state index contributed by atoms with van der Waals surface area (Å²) >= 11 is 11.4. The fourth-order valence-electron chi connectivity index (χ4n) is 1.93. The van der Waals surface area contributed by atoms with Crippen molar-refractivity contribution in [3.05, 3.63) is 47.5 Å². The Balaban J connectivity index is 1.95. The van der Waals surface area contributed by atoms with Gasteiger partial charge in [-0.05, 0) is 48.6 Å². The van der Waals surface area contributed by atoms with Gasteiger partial charge in [0.1, 0.15) is 11.8 Å². The number of benzene rings is 2. The molecule has 0 atom stereocenters. The molecule has 0 saturated carbocycles. The van der Waals surface area contributed by atoms with E-state index in [2.05, 4.69) is 16.0 Å². The summed E-state index contributed by atoms with van der Waals surface area (Å²) in [7, 11) is 0. The lowest BCUT2D eigenvalue weighted by Gasteiger charge is -2.13. The van der Waals surface area contributed by atoms with E-state index in [1.165, 1.54) is 6.92 Å². The van der Waals surface area contributed by atoms with E-state index in [0.717, 1.165) is 5.69 Å². The standard InChI is InChI=1S/C17H15ClN4O2S/c1-11(23)20-12-2-4-13(5-3-12)21-17(25)22-16-7-6-14(10-15(16)18)24-9-8-19/h2-7,10H,9H2,1H3,(H,20,23)(H2,21,22,25). The monoisotopic (exact) mass is 374 g/mol. The molecule has 8 heteroatoms. The van der Waals surface area contributed by atoms with Crippen LogP contribution in [0, 0.1) is 11.3 Å². The molecule has 0 heterocycles. The number of hydrogen-bond acceptors (Lipinski definition) is 4. The molecule has 25 heavy (non-hydrogen) atoms. The highest BCUT2D eigenvalue weighted by atomic mass is 35.5. The van der Waals surface area contributed by atoms with E-state index in [1.54, 1.807) is 42.5 Å². The van der Waals surface area contributed by atoms with Crippen LogP contribution in [-0.2, 0) is 4.79 Å². The molecule has 6 nitrogen and oxygen atoms in total. The second kappa shape index (κ2) is 8.87. The van der Waals surface area contributed by atoms with Gasteiger partial charge in [0, 0.05) is 24.4 Å². The number of hydrogen-bond donors (Lipinski definition) is 3. The SMILES string of the molecule is CC(=O)Nc1ccc(NC(=S)Nc2ccc(OCC#N)cc2Cl)cc1. The zero-order valence-electron chi connectivity index (χ0n) is 13.3. The largest absolute Gasteiger partial charge is 0.479 e. The number of carbonyl (C=O) groups excluding carboxylic acids is 1. The molecule has 0 aliphatic heterocycles. The minimum Gasteiger partial charge on any atom is -0.479 e. The second-order valence-corrected chi connectivity index (χ2v) is 5.74. The van der Waals surface area contributed by atoms with Crippen LogP contribution in [0.5, 0.6) is 5.75 Å². The zero-order valence-corrected chi connectivity index (χ0v) is 14.9. The van der Waals surface area contributed by atoms with Crippen molar-refractivity contribution in [1.29, 1.82) is 5.26 Å². The second-order valence-electron chi connectivity index (χ2n) is 4.93. The highest BCUT2D eigenvalue weighted by Gasteiger charge is 2.06. The predicted octanol–water partition coefficient (Wildman–Crippen LogP) is 4.01. The highest BCUT2D eigenvalue weighted by molar-refractivity contribution is 7.80. The fourth-order valence-corrected chi connectivity index (χ4v) is 2.37. The molecule has 2 aromatic carbocycles. The molecular weight excluding hydrogens is 360 g/mol. The first-order valence-electron chi connectivity index (χ1n) is 7.23. The number of halogens is 1. The third-order valence-corrected chi connectivity index (χ3v) is 3.47. The Morgan fingerprint density at radius 3 is 2.36 bits per heavy atom. The number of carbonyl (C=O) groups is 1. The first kappa shape index (κ1) is 18.5. The van der Waals surface area contributed by atoms with E-state index in [4.69, 9.17) is 33.8 Å². The van der Waals surface area contributed by atoms with Gasteiger partial charge in [0.2, 0.25) is 5.91 Å². The summed E-state index contributed by atoms with van der Waals surface area (Å²) in [5.74, 6) is 0.374. The molecule has 1 amide bonds. The van der Waals surface area contributed by atoms with E-state index in [0.29, 0.717) is 27.3 Å². The Morgan fingerprint density at radius 1 is 1.16 bits per heavy atom. The van der Waals surface area contributed by atoms with Gasteiger partial charge in [-0.3, -0.25) is 4.79 Å². The quantitative estimate of drug-likeness (QED) is 0.685. The number of nitrogens with zero attached hydrogens (tertiary/aromatic N) is 1. The van der Waals surface area contributed by atoms with Crippen LogP contribution in [0.1, 0.15) is 6.92 Å². The maximum Gasteiger partial charge on any atom is 0.221 e. The van der Waals surface area contributed by atoms with E-state index in [9.17, 15) is 4.79 Å². The fraction of sp³-hybridized carbons (Fsp3) is 0.118. The lowest BCUT2D eigenvalue weighted by Crippen LogP contribution is -2.19. The number of amides is 1. The minimum absolute atomic E-state index is 0.0441. The summed E-state index contributed by atoms with van der Waals surface area (Å²) in [6, 6.07) is 14.0. The molecular formula is C17H15ClN4O2S. The van der Waals surface area contributed by atoms with Crippen LogP contribution in [0.15, 0.2) is 42.5 Å². The molecule has 0 saturated heterocycles. The molecule has 0 radical (unpaired) electrons. The number of nitrogens with one attached hydrogen (secondary N) is 3. The smallest absolute Gasteiger partial charge is 0.221 e. The Kier molecular flexibility index (Phi) is 6.57. The van der Waals surface area contributed by atoms with Gasteiger partial charge in [-0.25, -0.2) is 0 Å². The van der Waals surface area contributed by atoms with Crippen molar-refractivity contribution < 1.29 is 9.53 Å². The molecule has 0 unspecified atom stereocenters. The molecule has 0 spiro atoms. The van der Waals surface area contributed by atoms with E-state index >= 15 is 0 Å². The third kappa shape index (κ3) is 5.95.